The van der Waals surface area contributed by atoms with Gasteiger partial charge in [-0.05, 0) is 0 Å². The van der Waals surface area contributed by atoms with Crippen molar-refractivity contribution in [2.45, 2.75) is 19.1 Å². The Balaban J connectivity index is 0. The number of aliphatic hydroxyl groups excluding tert-OH is 2. The maximum atomic E-state index is 9.77. The number of hydrogen-bond donors (Lipinski definition) is 4. The van der Waals surface area contributed by atoms with Gasteiger partial charge in [0.25, 0.3) is 0 Å². The Kier molecular flexibility index (Phi) is 7.51. The van der Waals surface area contributed by atoms with E-state index in [4.69, 9.17) is 25.7 Å². The van der Waals surface area contributed by atoms with Crippen molar-refractivity contribution >= 4 is 11.9 Å². The molecule has 13 heavy (non-hydrogen) atoms. The Morgan fingerprint density at radius 1 is 1.15 bits per heavy atom. The second-order valence-corrected chi connectivity index (χ2v) is 1.79. The van der Waals surface area contributed by atoms with E-state index >= 15 is 0 Å². The molecule has 0 heterocycles. The van der Waals surface area contributed by atoms with Gasteiger partial charge in [0.05, 0.1) is 6.07 Å². The molecule has 0 rings (SSSR count). The fourth-order valence-electron chi connectivity index (χ4n) is 0.270. The van der Waals surface area contributed by atoms with Crippen LogP contribution in [0.15, 0.2) is 0 Å². The number of rotatable bonds is 3. The van der Waals surface area contributed by atoms with E-state index in [1.165, 1.54) is 6.92 Å². The fourth-order valence-corrected chi connectivity index (χ4v) is 0.270. The van der Waals surface area contributed by atoms with Crippen molar-refractivity contribution in [3.05, 3.63) is 0 Å². The van der Waals surface area contributed by atoms with Gasteiger partial charge in [-0.1, -0.05) is 0 Å². The summed E-state index contributed by atoms with van der Waals surface area (Å²) in [7, 11) is 0. The van der Waals surface area contributed by atoms with E-state index < -0.39 is 24.1 Å². The van der Waals surface area contributed by atoms with E-state index in [2.05, 4.69) is 0 Å². The second kappa shape index (κ2) is 7.02. The first-order chi connectivity index (χ1) is 5.88. The lowest BCUT2D eigenvalue weighted by Crippen LogP contribution is -2.39. The summed E-state index contributed by atoms with van der Waals surface area (Å²) < 4.78 is 0. The van der Waals surface area contributed by atoms with Crippen LogP contribution >= 0.6 is 0 Å². The molecule has 0 amide bonds. The second-order valence-electron chi connectivity index (χ2n) is 1.79. The lowest BCUT2D eigenvalue weighted by molar-refractivity contribution is -0.165. The Hall–Kier alpha value is -1.65. The van der Waals surface area contributed by atoms with Gasteiger partial charge in [0.1, 0.15) is 0 Å². The highest BCUT2D eigenvalue weighted by atomic mass is 16.4. The molecule has 7 nitrogen and oxygen atoms in total. The third kappa shape index (κ3) is 6.74. The Morgan fingerprint density at radius 3 is 1.38 bits per heavy atom. The van der Waals surface area contributed by atoms with Crippen molar-refractivity contribution in [1.29, 1.82) is 5.26 Å². The molecule has 0 aromatic rings. The summed E-state index contributed by atoms with van der Waals surface area (Å²) in [5.41, 5.74) is 0. The molecular formula is C6H9NO6. The number of nitrogens with zero attached hydrogens (tertiary/aromatic N) is 1. The van der Waals surface area contributed by atoms with Gasteiger partial charge in [-0.15, -0.1) is 0 Å². The molecule has 4 N–H and O–H groups in total. The Morgan fingerprint density at radius 2 is 1.31 bits per heavy atom. The molecule has 0 aromatic heterocycles. The van der Waals surface area contributed by atoms with Crippen LogP contribution in [-0.2, 0) is 9.59 Å². The molecule has 2 atom stereocenters. The van der Waals surface area contributed by atoms with E-state index in [0.717, 1.165) is 0 Å². The summed E-state index contributed by atoms with van der Waals surface area (Å²) in [4.78, 5) is 19.5. The molecule has 0 aliphatic rings. The van der Waals surface area contributed by atoms with Crippen molar-refractivity contribution in [3.8, 4) is 6.07 Å². The molecule has 0 radical (unpaired) electrons. The molecule has 0 bridgehead atoms. The minimum atomic E-state index is -2.27. The summed E-state index contributed by atoms with van der Waals surface area (Å²) >= 11 is 0. The molecule has 0 aromatic carbocycles. The van der Waals surface area contributed by atoms with Crippen LogP contribution in [0.25, 0.3) is 0 Å². The Labute approximate surface area is 73.5 Å². The standard InChI is InChI=1S/C4H6O6.C2H3N/c5-1(3(7)8)2(6)4(9)10;1-2-3/h1-2,5-6H,(H,7,8)(H,9,10);1H3. The molecule has 7 heteroatoms. The average Bonchev–Trinajstić information content (AvgIpc) is 2.03. The van der Waals surface area contributed by atoms with E-state index in [9.17, 15) is 9.59 Å². The van der Waals surface area contributed by atoms with Crippen LogP contribution in [-0.4, -0.2) is 44.6 Å². The zero-order valence-corrected chi connectivity index (χ0v) is 6.71. The SMILES string of the molecule is CC#N.O=C(O)C(O)C(O)C(=O)O. The monoisotopic (exact) mass is 191 g/mol. The smallest absolute Gasteiger partial charge is 0.335 e. The number of nitriles is 1. The van der Waals surface area contributed by atoms with Gasteiger partial charge in [0, 0.05) is 6.92 Å². The lowest BCUT2D eigenvalue weighted by Gasteiger charge is -2.07. The van der Waals surface area contributed by atoms with Gasteiger partial charge in [0.2, 0.25) is 0 Å². The van der Waals surface area contributed by atoms with Crippen LogP contribution in [0.2, 0.25) is 0 Å². The van der Waals surface area contributed by atoms with E-state index in [0.29, 0.717) is 0 Å². The van der Waals surface area contributed by atoms with Crippen LogP contribution < -0.4 is 0 Å². The number of aliphatic hydroxyl groups is 2. The minimum absolute atomic E-state index is 1.43. The van der Waals surface area contributed by atoms with Crippen molar-refractivity contribution in [2.24, 2.45) is 0 Å². The molecule has 0 saturated carbocycles. The summed E-state index contributed by atoms with van der Waals surface area (Å²) in [6.45, 7) is 1.43. The molecule has 0 aliphatic carbocycles. The van der Waals surface area contributed by atoms with Crippen LogP contribution in [0.4, 0.5) is 0 Å². The zero-order valence-electron chi connectivity index (χ0n) is 6.71. The van der Waals surface area contributed by atoms with Crippen molar-refractivity contribution in [1.82, 2.24) is 0 Å². The molecule has 0 spiro atoms. The quantitative estimate of drug-likeness (QED) is 0.421. The first kappa shape index (κ1) is 13.9. The number of carboxylic acids is 2. The molecule has 0 fully saturated rings. The maximum absolute atomic E-state index is 9.77. The Bertz CT molecular complexity index is 202. The fraction of sp³-hybridized carbons (Fsp3) is 0.500. The predicted octanol–water partition coefficient (Wildman–Crippen LogP) is -1.59. The van der Waals surface area contributed by atoms with Crippen LogP contribution in [0.3, 0.4) is 0 Å². The van der Waals surface area contributed by atoms with Gasteiger partial charge in [-0.25, -0.2) is 9.59 Å². The first-order valence-corrected chi connectivity index (χ1v) is 3.01. The topological polar surface area (TPSA) is 139 Å². The first-order valence-electron chi connectivity index (χ1n) is 3.01. The van der Waals surface area contributed by atoms with Crippen LogP contribution in [0.1, 0.15) is 6.92 Å². The van der Waals surface area contributed by atoms with Crippen molar-refractivity contribution in [2.75, 3.05) is 0 Å². The molecule has 0 saturated heterocycles. The third-order valence-corrected chi connectivity index (χ3v) is 0.805. The summed E-state index contributed by atoms with van der Waals surface area (Å²) in [6.07, 6.45) is -4.53. The largest absolute Gasteiger partial charge is 0.479 e. The minimum Gasteiger partial charge on any atom is -0.479 e. The summed E-state index contributed by atoms with van der Waals surface area (Å²) in [5.74, 6) is -3.54. The lowest BCUT2D eigenvalue weighted by atomic mass is 10.2. The van der Waals surface area contributed by atoms with Gasteiger partial charge in [-0.2, -0.15) is 5.26 Å². The number of carboxylic acid groups (broad SMARTS) is 2. The highest BCUT2D eigenvalue weighted by Gasteiger charge is 2.29. The highest BCUT2D eigenvalue weighted by Crippen LogP contribution is 1.92. The van der Waals surface area contributed by atoms with Crippen LogP contribution in [0.5, 0.6) is 0 Å². The van der Waals surface area contributed by atoms with E-state index in [1.807, 2.05) is 0 Å². The number of hydrogen-bond acceptors (Lipinski definition) is 5. The number of aliphatic carboxylic acids is 2. The normalized spacial score (nSPS) is 12.8. The van der Waals surface area contributed by atoms with Gasteiger partial charge < -0.3 is 20.4 Å². The van der Waals surface area contributed by atoms with E-state index in [-0.39, 0.29) is 0 Å². The van der Waals surface area contributed by atoms with Crippen LogP contribution in [0, 0.1) is 11.3 Å². The molecule has 2 unspecified atom stereocenters. The average molecular weight is 191 g/mol. The van der Waals surface area contributed by atoms with Gasteiger partial charge in [0.15, 0.2) is 12.2 Å². The molecule has 74 valence electrons. The van der Waals surface area contributed by atoms with E-state index in [1.54, 1.807) is 6.07 Å². The summed E-state index contributed by atoms with van der Waals surface area (Å²) in [6, 6.07) is 1.75. The maximum Gasteiger partial charge on any atom is 0.335 e. The van der Waals surface area contributed by atoms with Crippen molar-refractivity contribution in [3.63, 3.8) is 0 Å². The molecule has 0 aliphatic heterocycles. The van der Waals surface area contributed by atoms with Gasteiger partial charge >= 0.3 is 11.9 Å². The number of carbonyl (C=O) groups is 2. The third-order valence-electron chi connectivity index (χ3n) is 0.805. The zero-order chi connectivity index (χ0) is 11.0. The predicted molar refractivity (Wildman–Crippen MR) is 38.6 cm³/mol. The van der Waals surface area contributed by atoms with Gasteiger partial charge in [-0.3, -0.25) is 0 Å². The highest BCUT2D eigenvalue weighted by molar-refractivity contribution is 5.82. The van der Waals surface area contributed by atoms with Crippen molar-refractivity contribution < 1.29 is 30.0 Å². The molecular weight excluding hydrogens is 182 g/mol. The summed E-state index contributed by atoms with van der Waals surface area (Å²) in [5, 5.41) is 39.8.